The number of aryl methyl sites for hydroxylation is 1. The summed E-state index contributed by atoms with van der Waals surface area (Å²) in [5.74, 6) is -0.945. The third kappa shape index (κ3) is 4.76. The molecule has 4 aromatic rings. The zero-order chi connectivity index (χ0) is 22.9. The van der Waals surface area contributed by atoms with Gasteiger partial charge in [0, 0.05) is 27.3 Å². The van der Waals surface area contributed by atoms with E-state index in [1.807, 2.05) is 25.1 Å². The highest BCUT2D eigenvalue weighted by atomic mass is 79.9. The van der Waals surface area contributed by atoms with E-state index in [0.717, 1.165) is 10.0 Å². The summed E-state index contributed by atoms with van der Waals surface area (Å²) in [6.45, 7) is 1.85. The minimum Gasteiger partial charge on any atom is -0.337 e. The largest absolute Gasteiger partial charge is 0.337 e. The molecule has 0 bridgehead atoms. The first-order valence-corrected chi connectivity index (χ1v) is 12.3. The van der Waals surface area contributed by atoms with Gasteiger partial charge in [-0.1, -0.05) is 46.3 Å². The Labute approximate surface area is 193 Å². The van der Waals surface area contributed by atoms with Crippen LogP contribution in [0.4, 0.5) is 10.1 Å². The number of carbonyl (C=O) groups is 1. The number of nitrogens with zero attached hydrogens (tertiary/aromatic N) is 1. The fourth-order valence-electron chi connectivity index (χ4n) is 3.58. The Balaban J connectivity index is 1.63. The average molecular weight is 515 g/mol. The van der Waals surface area contributed by atoms with Crippen molar-refractivity contribution in [3.63, 3.8) is 0 Å². The molecule has 0 spiro atoms. The fraction of sp³-hybridized carbons (Fsp3) is 0.125. The lowest BCUT2D eigenvalue weighted by atomic mass is 10.2. The van der Waals surface area contributed by atoms with Gasteiger partial charge in [-0.05, 0) is 54.4 Å². The molecule has 0 saturated carbocycles. The van der Waals surface area contributed by atoms with Crippen LogP contribution in [-0.4, -0.2) is 18.9 Å². The van der Waals surface area contributed by atoms with Gasteiger partial charge in [-0.2, -0.15) is 0 Å². The second kappa shape index (κ2) is 8.88. The fourth-order valence-corrected chi connectivity index (χ4v) is 5.64. The van der Waals surface area contributed by atoms with Crippen molar-refractivity contribution >= 4 is 48.3 Å². The van der Waals surface area contributed by atoms with Gasteiger partial charge in [-0.25, -0.2) is 12.8 Å². The van der Waals surface area contributed by atoms with Crippen molar-refractivity contribution in [1.29, 1.82) is 0 Å². The number of halogens is 2. The number of rotatable bonds is 6. The number of fused-ring (bicyclic) bond motifs is 1. The van der Waals surface area contributed by atoms with Crippen LogP contribution in [-0.2, 0) is 26.9 Å². The molecule has 0 saturated heterocycles. The summed E-state index contributed by atoms with van der Waals surface area (Å²) in [7, 11) is -3.72. The molecule has 1 amide bonds. The summed E-state index contributed by atoms with van der Waals surface area (Å²) in [6.07, 6.45) is 1.50. The van der Waals surface area contributed by atoms with E-state index in [1.54, 1.807) is 28.8 Å². The van der Waals surface area contributed by atoms with Gasteiger partial charge < -0.3 is 9.88 Å². The summed E-state index contributed by atoms with van der Waals surface area (Å²) >= 11 is 3.40. The van der Waals surface area contributed by atoms with Gasteiger partial charge in [0.05, 0.1) is 10.6 Å². The van der Waals surface area contributed by atoms with Crippen molar-refractivity contribution < 1.29 is 17.6 Å². The first-order valence-electron chi connectivity index (χ1n) is 9.84. The second-order valence-corrected chi connectivity index (χ2v) is 10.4. The molecule has 8 heteroatoms. The van der Waals surface area contributed by atoms with E-state index in [2.05, 4.69) is 21.2 Å². The van der Waals surface area contributed by atoms with Crippen molar-refractivity contribution in [2.45, 2.75) is 24.1 Å². The Kier molecular flexibility index (Phi) is 6.17. The van der Waals surface area contributed by atoms with Crippen LogP contribution in [0.25, 0.3) is 10.9 Å². The number of nitrogens with one attached hydrogen (secondary N) is 1. The molecule has 0 aliphatic carbocycles. The highest BCUT2D eigenvalue weighted by molar-refractivity contribution is 9.10. The van der Waals surface area contributed by atoms with E-state index >= 15 is 0 Å². The van der Waals surface area contributed by atoms with Crippen molar-refractivity contribution in [2.75, 3.05) is 5.32 Å². The number of benzene rings is 3. The first kappa shape index (κ1) is 22.2. The maximum atomic E-state index is 13.2. The van der Waals surface area contributed by atoms with Crippen molar-refractivity contribution in [3.05, 3.63) is 94.3 Å². The van der Waals surface area contributed by atoms with Gasteiger partial charge >= 0.3 is 0 Å². The maximum absolute atomic E-state index is 13.2. The Morgan fingerprint density at radius 2 is 1.78 bits per heavy atom. The topological polar surface area (TPSA) is 68.2 Å². The first-order chi connectivity index (χ1) is 15.2. The number of hydrogen-bond acceptors (Lipinski definition) is 3. The van der Waals surface area contributed by atoms with E-state index in [-0.39, 0.29) is 23.1 Å². The number of amides is 1. The summed E-state index contributed by atoms with van der Waals surface area (Å²) in [6, 6.07) is 18.0. The van der Waals surface area contributed by atoms with Crippen molar-refractivity contribution in [2.24, 2.45) is 0 Å². The average Bonchev–Trinajstić information content (AvgIpc) is 3.11. The van der Waals surface area contributed by atoms with E-state index in [9.17, 15) is 17.6 Å². The molecule has 164 valence electrons. The van der Waals surface area contributed by atoms with E-state index < -0.39 is 15.7 Å². The van der Waals surface area contributed by atoms with Crippen LogP contribution in [0.15, 0.2) is 82.3 Å². The number of aromatic nitrogens is 1. The zero-order valence-electron chi connectivity index (χ0n) is 17.2. The predicted octanol–water partition coefficient (Wildman–Crippen LogP) is 5.46. The number of carbonyl (C=O) groups excluding carboxylic acids is 1. The lowest BCUT2D eigenvalue weighted by Crippen LogP contribution is -2.18. The van der Waals surface area contributed by atoms with Gasteiger partial charge in [-0.15, -0.1) is 0 Å². The third-order valence-corrected chi connectivity index (χ3v) is 7.34. The van der Waals surface area contributed by atoms with E-state index in [0.29, 0.717) is 22.2 Å². The van der Waals surface area contributed by atoms with E-state index in [4.69, 9.17) is 0 Å². The molecule has 0 fully saturated rings. The van der Waals surface area contributed by atoms with Crippen LogP contribution in [0, 0.1) is 12.7 Å². The molecule has 1 aromatic heterocycles. The Morgan fingerprint density at radius 3 is 2.50 bits per heavy atom. The van der Waals surface area contributed by atoms with Crippen molar-refractivity contribution in [3.8, 4) is 0 Å². The number of hydrogen-bond donors (Lipinski definition) is 1. The smallest absolute Gasteiger partial charge is 0.244 e. The number of para-hydroxylation sites is 1. The monoisotopic (exact) mass is 514 g/mol. The molecule has 5 nitrogen and oxygen atoms in total. The number of anilines is 1. The quantitative estimate of drug-likeness (QED) is 0.371. The highest BCUT2D eigenvalue weighted by Crippen LogP contribution is 2.28. The van der Waals surface area contributed by atoms with E-state index in [1.165, 1.54) is 30.5 Å². The van der Waals surface area contributed by atoms with Crippen LogP contribution in [0.5, 0.6) is 0 Å². The lowest BCUT2D eigenvalue weighted by molar-refractivity contribution is -0.116. The minimum atomic E-state index is -3.72. The van der Waals surface area contributed by atoms with Crippen LogP contribution < -0.4 is 5.32 Å². The Bertz CT molecular complexity index is 1410. The van der Waals surface area contributed by atoms with Gasteiger partial charge in [0.15, 0.2) is 9.84 Å². The molecular weight excluding hydrogens is 495 g/mol. The maximum Gasteiger partial charge on any atom is 0.244 e. The van der Waals surface area contributed by atoms with Crippen LogP contribution in [0.2, 0.25) is 0 Å². The molecule has 0 radical (unpaired) electrons. The van der Waals surface area contributed by atoms with Crippen LogP contribution in [0.1, 0.15) is 11.1 Å². The summed E-state index contributed by atoms with van der Waals surface area (Å²) in [5, 5.41) is 3.42. The minimum absolute atomic E-state index is 0.0396. The predicted molar refractivity (Wildman–Crippen MR) is 127 cm³/mol. The van der Waals surface area contributed by atoms with Gasteiger partial charge in [0.2, 0.25) is 5.91 Å². The molecule has 1 heterocycles. The highest BCUT2D eigenvalue weighted by Gasteiger charge is 2.22. The second-order valence-electron chi connectivity index (χ2n) is 7.53. The molecule has 0 aliphatic heterocycles. The molecule has 0 aliphatic rings. The zero-order valence-corrected chi connectivity index (χ0v) is 19.6. The van der Waals surface area contributed by atoms with Gasteiger partial charge in [0.25, 0.3) is 0 Å². The Hall–Kier alpha value is -2.97. The normalized spacial score (nSPS) is 11.6. The number of sulfone groups is 1. The molecule has 32 heavy (non-hydrogen) atoms. The van der Waals surface area contributed by atoms with Gasteiger partial charge in [-0.3, -0.25) is 4.79 Å². The van der Waals surface area contributed by atoms with Gasteiger partial charge in [0.1, 0.15) is 12.4 Å². The molecule has 0 atom stereocenters. The van der Waals surface area contributed by atoms with Crippen LogP contribution in [0.3, 0.4) is 0 Å². The summed E-state index contributed by atoms with van der Waals surface area (Å²) in [4.78, 5) is 12.9. The van der Waals surface area contributed by atoms with Crippen molar-refractivity contribution in [1.82, 2.24) is 4.57 Å². The van der Waals surface area contributed by atoms with Crippen LogP contribution >= 0.6 is 15.9 Å². The standard InChI is InChI=1S/C24H20BrFN2O3S/c1-16-12-18(25)8-11-21(16)27-24(29)14-28-13-23(20-4-2-3-5-22(20)28)32(30,31)15-17-6-9-19(26)10-7-17/h2-13H,14-15H2,1H3,(H,27,29). The third-order valence-electron chi connectivity index (χ3n) is 5.13. The summed E-state index contributed by atoms with van der Waals surface area (Å²) < 4.78 is 42.0. The Morgan fingerprint density at radius 1 is 1.06 bits per heavy atom. The molecular formula is C24H20BrFN2O3S. The summed E-state index contributed by atoms with van der Waals surface area (Å²) in [5.41, 5.74) is 2.74. The molecule has 0 unspecified atom stereocenters. The lowest BCUT2D eigenvalue weighted by Gasteiger charge is -2.10. The molecule has 4 rings (SSSR count). The molecule has 3 aromatic carbocycles. The SMILES string of the molecule is Cc1cc(Br)ccc1NC(=O)Cn1cc(S(=O)(=O)Cc2ccc(F)cc2)c2ccccc21. The molecule has 1 N–H and O–H groups in total.